The lowest BCUT2D eigenvalue weighted by Crippen LogP contribution is -2.28. The summed E-state index contributed by atoms with van der Waals surface area (Å²) in [5, 5.41) is 8.14. The van der Waals surface area contributed by atoms with Crippen molar-refractivity contribution in [3.8, 4) is 5.69 Å². The first kappa shape index (κ1) is 18.4. The maximum atomic E-state index is 13.2. The Labute approximate surface area is 168 Å². The number of aromatic nitrogens is 2. The van der Waals surface area contributed by atoms with E-state index in [1.165, 1.54) is 0 Å². The number of anilines is 1. The van der Waals surface area contributed by atoms with E-state index in [0.717, 1.165) is 28.1 Å². The molecule has 1 aliphatic rings. The largest absolute Gasteiger partial charge is 0.310 e. The second-order valence-electron chi connectivity index (χ2n) is 7.28. The third-order valence-electron chi connectivity index (χ3n) is 5.00. The van der Waals surface area contributed by atoms with Gasteiger partial charge in [0.05, 0.1) is 17.3 Å². The van der Waals surface area contributed by atoms with E-state index in [0.29, 0.717) is 16.4 Å². The fourth-order valence-electron chi connectivity index (χ4n) is 3.85. The molecule has 1 aliphatic heterocycles. The van der Waals surface area contributed by atoms with Crippen LogP contribution in [0.1, 0.15) is 45.1 Å². The van der Waals surface area contributed by atoms with E-state index in [1.807, 2.05) is 32.9 Å². The first-order valence-electron chi connectivity index (χ1n) is 9.11. The van der Waals surface area contributed by atoms with Gasteiger partial charge in [0.2, 0.25) is 5.91 Å². The van der Waals surface area contributed by atoms with E-state index in [-0.39, 0.29) is 18.1 Å². The van der Waals surface area contributed by atoms with Gasteiger partial charge in [-0.3, -0.25) is 9.59 Å². The Morgan fingerprint density at radius 1 is 1.11 bits per heavy atom. The van der Waals surface area contributed by atoms with Crippen molar-refractivity contribution in [3.05, 3.63) is 75.4 Å². The highest BCUT2D eigenvalue weighted by Gasteiger charge is 2.36. The molecule has 142 valence electrons. The summed E-state index contributed by atoms with van der Waals surface area (Å²) in [4.78, 5) is 25.6. The fraction of sp³-hybridized carbons (Fsp3) is 0.227. The molecule has 1 atom stereocenters. The summed E-state index contributed by atoms with van der Waals surface area (Å²) >= 11 is 5.94. The average Bonchev–Trinajstić information content (AvgIpc) is 2.97. The van der Waals surface area contributed by atoms with Crippen LogP contribution in [0.25, 0.3) is 5.69 Å². The summed E-state index contributed by atoms with van der Waals surface area (Å²) in [5.74, 6) is -0.281. The number of ketones is 1. The highest BCUT2D eigenvalue weighted by molar-refractivity contribution is 6.30. The van der Waals surface area contributed by atoms with E-state index < -0.39 is 5.92 Å². The molecule has 1 N–H and O–H groups in total. The Balaban J connectivity index is 1.83. The molecule has 0 saturated heterocycles. The molecular weight excluding hydrogens is 374 g/mol. The summed E-state index contributed by atoms with van der Waals surface area (Å²) in [7, 11) is 0. The molecule has 0 aliphatic carbocycles. The molecule has 0 fully saturated rings. The predicted octanol–water partition coefficient (Wildman–Crippen LogP) is 4.76. The Bertz CT molecular complexity index is 1080. The van der Waals surface area contributed by atoms with Crippen molar-refractivity contribution in [3.63, 3.8) is 0 Å². The zero-order valence-electron chi connectivity index (χ0n) is 15.9. The lowest BCUT2D eigenvalue weighted by Gasteiger charge is -2.23. The van der Waals surface area contributed by atoms with Crippen molar-refractivity contribution in [2.45, 2.75) is 33.1 Å². The monoisotopic (exact) mass is 393 g/mol. The molecule has 2 heterocycles. The Kier molecular flexibility index (Phi) is 4.55. The van der Waals surface area contributed by atoms with Crippen LogP contribution in [-0.2, 0) is 4.79 Å². The van der Waals surface area contributed by atoms with Crippen molar-refractivity contribution in [2.24, 2.45) is 0 Å². The van der Waals surface area contributed by atoms with Crippen LogP contribution in [0, 0.1) is 20.8 Å². The Morgan fingerprint density at radius 3 is 2.39 bits per heavy atom. The van der Waals surface area contributed by atoms with Gasteiger partial charge in [0.25, 0.3) is 0 Å². The normalized spacial score (nSPS) is 15.9. The molecule has 1 amide bonds. The van der Waals surface area contributed by atoms with Gasteiger partial charge in [-0.05, 0) is 68.3 Å². The second kappa shape index (κ2) is 6.91. The number of Topliss-reactive ketones (excluding diaryl/α,β-unsaturated/α-hetero) is 1. The highest BCUT2D eigenvalue weighted by atomic mass is 35.5. The van der Waals surface area contributed by atoms with Gasteiger partial charge in [-0.15, -0.1) is 0 Å². The molecule has 0 bridgehead atoms. The molecule has 0 unspecified atom stereocenters. The lowest BCUT2D eigenvalue weighted by atomic mass is 9.85. The van der Waals surface area contributed by atoms with Crippen LogP contribution in [0.15, 0.2) is 42.5 Å². The molecular formula is C22H20ClN3O2. The van der Waals surface area contributed by atoms with Crippen LogP contribution in [0.2, 0.25) is 5.02 Å². The molecule has 3 aromatic rings. The van der Waals surface area contributed by atoms with Crippen molar-refractivity contribution in [1.82, 2.24) is 9.78 Å². The summed E-state index contributed by atoms with van der Waals surface area (Å²) in [5.41, 5.74) is 5.12. The third kappa shape index (κ3) is 3.22. The van der Waals surface area contributed by atoms with Gasteiger partial charge in [0.1, 0.15) is 5.82 Å². The van der Waals surface area contributed by atoms with Gasteiger partial charge in [-0.2, -0.15) is 5.10 Å². The van der Waals surface area contributed by atoms with Crippen LogP contribution in [-0.4, -0.2) is 21.5 Å². The van der Waals surface area contributed by atoms with Crippen molar-refractivity contribution >= 4 is 29.1 Å². The number of hydrogen-bond acceptors (Lipinski definition) is 3. The summed E-state index contributed by atoms with van der Waals surface area (Å²) in [6.07, 6.45) is 0.105. The SMILES string of the molecule is Cc1cc(C)cc(-n2nc(C)c3c2NC(=O)C[C@H]3C(=O)c2ccc(Cl)cc2)c1. The first-order valence-corrected chi connectivity index (χ1v) is 9.49. The summed E-state index contributed by atoms with van der Waals surface area (Å²) < 4.78 is 1.73. The molecule has 2 aromatic carbocycles. The van der Waals surface area contributed by atoms with Gasteiger partial charge < -0.3 is 5.32 Å². The molecule has 28 heavy (non-hydrogen) atoms. The van der Waals surface area contributed by atoms with Gasteiger partial charge >= 0.3 is 0 Å². The number of carbonyl (C=O) groups is 2. The predicted molar refractivity (Wildman–Crippen MR) is 110 cm³/mol. The molecule has 5 nitrogen and oxygen atoms in total. The van der Waals surface area contributed by atoms with Crippen molar-refractivity contribution in [2.75, 3.05) is 5.32 Å². The minimum atomic E-state index is -0.565. The summed E-state index contributed by atoms with van der Waals surface area (Å²) in [6, 6.07) is 12.9. The van der Waals surface area contributed by atoms with Gasteiger partial charge in [-0.25, -0.2) is 4.68 Å². The highest BCUT2D eigenvalue weighted by Crippen LogP contribution is 2.38. The molecule has 0 radical (unpaired) electrons. The number of halogens is 1. The van der Waals surface area contributed by atoms with Gasteiger partial charge in [0.15, 0.2) is 5.78 Å². The van der Waals surface area contributed by atoms with E-state index in [4.69, 9.17) is 11.6 Å². The number of aryl methyl sites for hydroxylation is 3. The number of fused-ring (bicyclic) bond motifs is 1. The van der Waals surface area contributed by atoms with Crippen molar-refractivity contribution < 1.29 is 9.59 Å². The van der Waals surface area contributed by atoms with Gasteiger partial charge in [-0.1, -0.05) is 17.7 Å². The number of benzene rings is 2. The van der Waals surface area contributed by atoms with E-state index in [1.54, 1.807) is 28.9 Å². The van der Waals surface area contributed by atoms with E-state index >= 15 is 0 Å². The average molecular weight is 394 g/mol. The maximum Gasteiger partial charge on any atom is 0.226 e. The lowest BCUT2D eigenvalue weighted by molar-refractivity contribution is -0.116. The first-order chi connectivity index (χ1) is 13.3. The third-order valence-corrected chi connectivity index (χ3v) is 5.25. The zero-order valence-corrected chi connectivity index (χ0v) is 16.7. The van der Waals surface area contributed by atoms with Crippen LogP contribution in [0.4, 0.5) is 5.82 Å². The van der Waals surface area contributed by atoms with E-state index in [9.17, 15) is 9.59 Å². The number of hydrogen-bond donors (Lipinski definition) is 1. The summed E-state index contributed by atoms with van der Waals surface area (Å²) in [6.45, 7) is 5.91. The minimum absolute atomic E-state index is 0.101. The van der Waals surface area contributed by atoms with E-state index in [2.05, 4.69) is 16.5 Å². The molecule has 6 heteroatoms. The van der Waals surface area contributed by atoms with Crippen LogP contribution < -0.4 is 5.32 Å². The van der Waals surface area contributed by atoms with Crippen molar-refractivity contribution in [1.29, 1.82) is 0 Å². The minimum Gasteiger partial charge on any atom is -0.310 e. The molecule has 0 saturated carbocycles. The van der Waals surface area contributed by atoms with Crippen LogP contribution >= 0.6 is 11.6 Å². The number of nitrogens with one attached hydrogen (secondary N) is 1. The number of nitrogens with zero attached hydrogens (tertiary/aromatic N) is 2. The topological polar surface area (TPSA) is 64.0 Å². The Morgan fingerprint density at radius 2 is 1.75 bits per heavy atom. The fourth-order valence-corrected chi connectivity index (χ4v) is 3.97. The number of carbonyl (C=O) groups excluding carboxylic acids is 2. The number of rotatable bonds is 3. The zero-order chi connectivity index (χ0) is 20.0. The van der Waals surface area contributed by atoms with Crippen LogP contribution in [0.3, 0.4) is 0 Å². The Hall–Kier alpha value is -2.92. The number of amides is 1. The van der Waals surface area contributed by atoms with Gasteiger partial charge in [0, 0.05) is 22.6 Å². The maximum absolute atomic E-state index is 13.2. The molecule has 0 spiro atoms. The molecule has 1 aromatic heterocycles. The smallest absolute Gasteiger partial charge is 0.226 e. The second-order valence-corrected chi connectivity index (χ2v) is 7.72. The quantitative estimate of drug-likeness (QED) is 0.652. The molecule has 4 rings (SSSR count). The standard InChI is InChI=1S/C22H20ClN3O2/c1-12-8-13(2)10-17(9-12)26-22-20(14(3)25-26)18(11-19(27)24-22)21(28)15-4-6-16(23)7-5-15/h4-10,18H,11H2,1-3H3,(H,24,27)/t18-/m1/s1. The van der Waals surface area contributed by atoms with Crippen LogP contribution in [0.5, 0.6) is 0 Å².